The molecule has 1 aliphatic heterocycles. The van der Waals surface area contributed by atoms with Gasteiger partial charge in [-0.05, 0) is 36.8 Å². The van der Waals surface area contributed by atoms with Crippen molar-refractivity contribution in [1.29, 1.82) is 0 Å². The highest BCUT2D eigenvalue weighted by Crippen LogP contribution is 2.29. The summed E-state index contributed by atoms with van der Waals surface area (Å²) in [5, 5.41) is 6.46. The second kappa shape index (κ2) is 11.1. The second-order valence-electron chi connectivity index (χ2n) is 6.72. The van der Waals surface area contributed by atoms with Crippen molar-refractivity contribution in [3.8, 4) is 11.8 Å². The Morgan fingerprint density at radius 2 is 1.93 bits per heavy atom. The Kier molecular flexibility index (Phi) is 8.84. The van der Waals surface area contributed by atoms with E-state index in [4.69, 9.17) is 0 Å². The molecule has 1 fully saturated rings. The lowest BCUT2D eigenvalue weighted by molar-refractivity contribution is -0.137. The quantitative estimate of drug-likeness (QED) is 0.273. The summed E-state index contributed by atoms with van der Waals surface area (Å²) >= 11 is 0. The Morgan fingerprint density at radius 3 is 2.63 bits per heavy atom. The van der Waals surface area contributed by atoms with Gasteiger partial charge in [-0.25, -0.2) is 0 Å². The van der Waals surface area contributed by atoms with E-state index in [1.165, 1.54) is 11.8 Å². The number of hydrogen-bond donors (Lipinski definition) is 2. The SMILES string of the molecule is CN=C(NCC#Cc1cccc(C(F)(F)F)c1)NC1CCN(c2ccccc2)C1.I. The third kappa shape index (κ3) is 6.83. The van der Waals surface area contributed by atoms with Gasteiger partial charge in [-0.2, -0.15) is 13.2 Å². The van der Waals surface area contributed by atoms with E-state index in [1.807, 2.05) is 18.2 Å². The molecule has 1 heterocycles. The van der Waals surface area contributed by atoms with Crippen molar-refractivity contribution in [2.45, 2.75) is 18.6 Å². The molecule has 0 amide bonds. The average Bonchev–Trinajstić information content (AvgIpc) is 3.19. The van der Waals surface area contributed by atoms with Crippen LogP contribution in [0.15, 0.2) is 59.6 Å². The molecule has 160 valence electrons. The largest absolute Gasteiger partial charge is 0.416 e. The van der Waals surface area contributed by atoms with E-state index < -0.39 is 11.7 Å². The fourth-order valence-electron chi connectivity index (χ4n) is 3.19. The van der Waals surface area contributed by atoms with Crippen LogP contribution in [0.3, 0.4) is 0 Å². The van der Waals surface area contributed by atoms with Crippen molar-refractivity contribution in [3.05, 3.63) is 65.7 Å². The minimum atomic E-state index is -4.36. The number of benzene rings is 2. The first-order valence-corrected chi connectivity index (χ1v) is 9.39. The fraction of sp³-hybridized carbons (Fsp3) is 0.318. The summed E-state index contributed by atoms with van der Waals surface area (Å²) < 4.78 is 38.2. The van der Waals surface area contributed by atoms with Gasteiger partial charge in [0.1, 0.15) is 0 Å². The predicted molar refractivity (Wildman–Crippen MR) is 125 cm³/mol. The summed E-state index contributed by atoms with van der Waals surface area (Å²) in [6, 6.07) is 15.5. The topological polar surface area (TPSA) is 39.7 Å². The van der Waals surface area contributed by atoms with Crippen LogP contribution >= 0.6 is 24.0 Å². The first kappa shape index (κ1) is 23.9. The van der Waals surface area contributed by atoms with Crippen LogP contribution in [0, 0.1) is 11.8 Å². The average molecular weight is 528 g/mol. The zero-order valence-electron chi connectivity index (χ0n) is 16.5. The molecule has 0 aliphatic carbocycles. The number of halogens is 4. The third-order valence-electron chi connectivity index (χ3n) is 4.64. The van der Waals surface area contributed by atoms with Gasteiger partial charge in [-0.1, -0.05) is 36.1 Å². The van der Waals surface area contributed by atoms with Crippen molar-refractivity contribution in [2.75, 3.05) is 31.6 Å². The minimum Gasteiger partial charge on any atom is -0.369 e. The van der Waals surface area contributed by atoms with Gasteiger partial charge >= 0.3 is 6.18 Å². The van der Waals surface area contributed by atoms with Gasteiger partial charge in [0.2, 0.25) is 0 Å². The summed E-state index contributed by atoms with van der Waals surface area (Å²) in [4.78, 5) is 6.52. The zero-order valence-corrected chi connectivity index (χ0v) is 18.9. The second-order valence-corrected chi connectivity index (χ2v) is 6.72. The van der Waals surface area contributed by atoms with E-state index in [9.17, 15) is 13.2 Å². The van der Waals surface area contributed by atoms with Gasteiger partial charge in [0.15, 0.2) is 5.96 Å². The van der Waals surface area contributed by atoms with Crippen LogP contribution in [0.4, 0.5) is 18.9 Å². The number of hydrogen-bond acceptors (Lipinski definition) is 2. The monoisotopic (exact) mass is 528 g/mol. The Labute approximate surface area is 192 Å². The van der Waals surface area contributed by atoms with Crippen molar-refractivity contribution in [3.63, 3.8) is 0 Å². The van der Waals surface area contributed by atoms with Gasteiger partial charge < -0.3 is 15.5 Å². The molecule has 30 heavy (non-hydrogen) atoms. The molecule has 2 aromatic carbocycles. The molecule has 4 nitrogen and oxygen atoms in total. The number of anilines is 1. The highest BCUT2D eigenvalue weighted by Gasteiger charge is 2.30. The van der Waals surface area contributed by atoms with Gasteiger partial charge in [0.05, 0.1) is 12.1 Å². The Balaban J connectivity index is 0.00000320. The molecule has 1 unspecified atom stereocenters. The predicted octanol–water partition coefficient (Wildman–Crippen LogP) is 4.12. The molecule has 0 saturated carbocycles. The maximum absolute atomic E-state index is 12.7. The molecule has 2 N–H and O–H groups in total. The zero-order chi connectivity index (χ0) is 20.7. The lowest BCUT2D eigenvalue weighted by atomic mass is 10.1. The van der Waals surface area contributed by atoms with Crippen LogP contribution < -0.4 is 15.5 Å². The highest BCUT2D eigenvalue weighted by molar-refractivity contribution is 14.0. The van der Waals surface area contributed by atoms with Crippen LogP contribution in [0.2, 0.25) is 0 Å². The number of nitrogens with zero attached hydrogens (tertiary/aromatic N) is 2. The van der Waals surface area contributed by atoms with Crippen LogP contribution in [-0.4, -0.2) is 38.7 Å². The third-order valence-corrected chi connectivity index (χ3v) is 4.64. The summed E-state index contributed by atoms with van der Waals surface area (Å²) in [5.74, 6) is 6.23. The normalized spacial score (nSPS) is 16.3. The summed E-state index contributed by atoms with van der Waals surface area (Å²) in [7, 11) is 1.68. The van der Waals surface area contributed by atoms with Gasteiger partial charge in [0.25, 0.3) is 0 Å². The maximum atomic E-state index is 12.7. The Hall–Kier alpha value is -2.41. The molecule has 0 radical (unpaired) electrons. The molecular weight excluding hydrogens is 504 g/mol. The van der Waals surface area contributed by atoms with Gasteiger partial charge in [-0.15, -0.1) is 24.0 Å². The van der Waals surface area contributed by atoms with E-state index in [0.29, 0.717) is 11.5 Å². The van der Waals surface area contributed by atoms with Crippen molar-refractivity contribution < 1.29 is 13.2 Å². The molecule has 3 rings (SSSR count). The number of aliphatic imine (C=N–C) groups is 1. The number of alkyl halides is 3. The van der Waals surface area contributed by atoms with Crippen LogP contribution in [0.1, 0.15) is 17.5 Å². The summed E-state index contributed by atoms with van der Waals surface area (Å²) in [6.45, 7) is 2.12. The molecule has 0 spiro atoms. The van der Waals surface area contributed by atoms with Crippen LogP contribution in [0.25, 0.3) is 0 Å². The molecule has 0 bridgehead atoms. The van der Waals surface area contributed by atoms with E-state index in [-0.39, 0.29) is 36.6 Å². The number of nitrogens with one attached hydrogen (secondary N) is 2. The molecule has 8 heteroatoms. The minimum absolute atomic E-state index is 0. The lowest BCUT2D eigenvalue weighted by Crippen LogP contribution is -2.44. The number of guanidine groups is 1. The van der Waals surface area contributed by atoms with Crippen molar-refractivity contribution in [1.82, 2.24) is 10.6 Å². The summed E-state index contributed by atoms with van der Waals surface area (Å²) in [5.41, 5.74) is 0.838. The Morgan fingerprint density at radius 1 is 1.17 bits per heavy atom. The standard InChI is InChI=1S/C22H23F3N4.HI/c1-26-21(28-19-12-14-29(16-19)20-10-3-2-4-11-20)27-13-6-8-17-7-5-9-18(15-17)22(23,24)25;/h2-5,7,9-11,15,19H,12-14,16H2,1H3,(H2,26,27,28);1H. The Bertz CT molecular complexity index is 904. The van der Waals surface area contributed by atoms with Gasteiger partial charge in [-0.3, -0.25) is 4.99 Å². The lowest BCUT2D eigenvalue weighted by Gasteiger charge is -2.20. The number of rotatable bonds is 3. The van der Waals surface area contributed by atoms with Crippen molar-refractivity contribution in [2.24, 2.45) is 4.99 Å². The van der Waals surface area contributed by atoms with E-state index in [2.05, 4.69) is 44.5 Å². The van der Waals surface area contributed by atoms with Crippen LogP contribution in [0.5, 0.6) is 0 Å². The van der Waals surface area contributed by atoms with Crippen LogP contribution in [-0.2, 0) is 6.18 Å². The van der Waals surface area contributed by atoms with E-state index in [0.717, 1.165) is 31.6 Å². The first-order chi connectivity index (χ1) is 14.0. The maximum Gasteiger partial charge on any atom is 0.416 e. The first-order valence-electron chi connectivity index (χ1n) is 9.39. The molecule has 1 saturated heterocycles. The molecule has 1 atom stereocenters. The van der Waals surface area contributed by atoms with E-state index >= 15 is 0 Å². The summed E-state index contributed by atoms with van der Waals surface area (Å²) in [6.07, 6.45) is -3.37. The molecular formula is C22H24F3IN4. The highest BCUT2D eigenvalue weighted by atomic mass is 127. The number of para-hydroxylation sites is 1. The van der Waals surface area contributed by atoms with Gasteiger partial charge in [0, 0.05) is 37.4 Å². The smallest absolute Gasteiger partial charge is 0.369 e. The molecule has 2 aromatic rings. The molecule has 0 aromatic heterocycles. The van der Waals surface area contributed by atoms with Crippen molar-refractivity contribution >= 4 is 35.6 Å². The van der Waals surface area contributed by atoms with E-state index in [1.54, 1.807) is 13.1 Å². The fourth-order valence-corrected chi connectivity index (χ4v) is 3.19. The molecule has 1 aliphatic rings.